The highest BCUT2D eigenvalue weighted by atomic mass is 19.1. The van der Waals surface area contributed by atoms with E-state index in [1.807, 2.05) is 30.3 Å². The molecule has 182 valence electrons. The number of β-lactam (4-membered cyclic amide) rings is 1. The zero-order valence-corrected chi connectivity index (χ0v) is 19.4. The van der Waals surface area contributed by atoms with Gasteiger partial charge in [0, 0.05) is 5.69 Å². The van der Waals surface area contributed by atoms with Gasteiger partial charge in [0.15, 0.2) is 0 Å². The molecule has 1 saturated heterocycles. The third-order valence-electron chi connectivity index (χ3n) is 6.76. The molecule has 1 amide bonds. The van der Waals surface area contributed by atoms with E-state index in [1.165, 1.54) is 24.3 Å². The largest absolute Gasteiger partial charge is 0.508 e. The number of aliphatic hydroxyl groups excluding tert-OH is 1. The van der Waals surface area contributed by atoms with Gasteiger partial charge in [-0.25, -0.2) is 8.78 Å². The molecule has 1 heterocycles. The number of carbonyl (C=O) groups excluding carboxylic acids is 1. The molecule has 0 aliphatic carbocycles. The average molecular weight is 486 g/mol. The lowest BCUT2D eigenvalue weighted by Gasteiger charge is -2.48. The topological polar surface area (TPSA) is 60.8 Å². The summed E-state index contributed by atoms with van der Waals surface area (Å²) in [6, 6.07) is 26.1. The Hall–Kier alpha value is -4.03. The van der Waals surface area contributed by atoms with Crippen LogP contribution in [0.25, 0.3) is 11.1 Å². The van der Waals surface area contributed by atoms with E-state index in [0.29, 0.717) is 24.1 Å². The lowest BCUT2D eigenvalue weighted by molar-refractivity contribution is -0.131. The zero-order chi connectivity index (χ0) is 25.2. The summed E-state index contributed by atoms with van der Waals surface area (Å²) in [7, 11) is 0. The summed E-state index contributed by atoms with van der Waals surface area (Å²) in [5.41, 5.74) is 3.94. The van der Waals surface area contributed by atoms with Crippen molar-refractivity contribution in [2.45, 2.75) is 25.0 Å². The minimum Gasteiger partial charge on any atom is -0.508 e. The molecule has 4 aromatic rings. The van der Waals surface area contributed by atoms with Crippen molar-refractivity contribution in [1.29, 1.82) is 0 Å². The van der Waals surface area contributed by atoms with Gasteiger partial charge in [-0.15, -0.1) is 0 Å². The third-order valence-corrected chi connectivity index (χ3v) is 6.76. The van der Waals surface area contributed by atoms with Crippen molar-refractivity contribution in [3.63, 3.8) is 0 Å². The molecular weight excluding hydrogens is 460 g/mol. The summed E-state index contributed by atoms with van der Waals surface area (Å²) in [5, 5.41) is 20.4. The number of anilines is 1. The van der Waals surface area contributed by atoms with Crippen molar-refractivity contribution < 1.29 is 23.8 Å². The van der Waals surface area contributed by atoms with Crippen LogP contribution in [0.2, 0.25) is 0 Å². The van der Waals surface area contributed by atoms with E-state index in [2.05, 4.69) is 0 Å². The quantitative estimate of drug-likeness (QED) is 0.292. The molecule has 36 heavy (non-hydrogen) atoms. The van der Waals surface area contributed by atoms with Crippen LogP contribution in [0.15, 0.2) is 97.1 Å². The first-order chi connectivity index (χ1) is 17.4. The Morgan fingerprint density at radius 1 is 0.806 bits per heavy atom. The van der Waals surface area contributed by atoms with Crippen LogP contribution in [0.4, 0.5) is 14.5 Å². The van der Waals surface area contributed by atoms with Crippen LogP contribution in [0.1, 0.15) is 36.1 Å². The van der Waals surface area contributed by atoms with Crippen LogP contribution in [0.5, 0.6) is 5.75 Å². The fraction of sp³-hybridized carbons (Fsp3) is 0.167. The number of rotatable bonds is 7. The van der Waals surface area contributed by atoms with Gasteiger partial charge in [-0.05, 0) is 83.6 Å². The van der Waals surface area contributed by atoms with E-state index in [4.69, 9.17) is 0 Å². The molecule has 3 atom stereocenters. The molecule has 0 aromatic heterocycles. The molecule has 0 spiro atoms. The fourth-order valence-electron chi connectivity index (χ4n) is 4.85. The van der Waals surface area contributed by atoms with Gasteiger partial charge in [-0.2, -0.15) is 0 Å². The summed E-state index contributed by atoms with van der Waals surface area (Å²) < 4.78 is 26.8. The summed E-state index contributed by atoms with van der Waals surface area (Å²) in [6.07, 6.45) is -0.0300. The predicted octanol–water partition coefficient (Wildman–Crippen LogP) is 6.56. The van der Waals surface area contributed by atoms with E-state index in [-0.39, 0.29) is 35.3 Å². The number of hydrogen-bond donors (Lipinski definition) is 2. The molecular formula is C30H25F2NO3. The highest BCUT2D eigenvalue weighted by Crippen LogP contribution is 2.46. The van der Waals surface area contributed by atoms with Crippen molar-refractivity contribution in [1.82, 2.24) is 0 Å². The van der Waals surface area contributed by atoms with E-state index in [9.17, 15) is 23.8 Å². The predicted molar refractivity (Wildman–Crippen MR) is 134 cm³/mol. The molecule has 4 nitrogen and oxygen atoms in total. The normalized spacial score (nSPS) is 18.1. The Morgan fingerprint density at radius 2 is 1.44 bits per heavy atom. The molecule has 1 aliphatic heterocycles. The highest BCUT2D eigenvalue weighted by molar-refractivity contribution is 6.03. The number of hydrogen-bond acceptors (Lipinski definition) is 3. The second-order valence-electron chi connectivity index (χ2n) is 9.05. The molecule has 0 saturated carbocycles. The first kappa shape index (κ1) is 23.7. The van der Waals surface area contributed by atoms with Crippen molar-refractivity contribution in [3.05, 3.63) is 120 Å². The van der Waals surface area contributed by atoms with E-state index in [1.54, 1.807) is 47.4 Å². The maximum atomic E-state index is 13.5. The van der Waals surface area contributed by atoms with Crippen LogP contribution < -0.4 is 4.90 Å². The maximum Gasteiger partial charge on any atom is 0.233 e. The van der Waals surface area contributed by atoms with Crippen molar-refractivity contribution in [2.24, 2.45) is 5.92 Å². The number of benzene rings is 4. The molecule has 6 heteroatoms. The number of phenols is 1. The number of halogens is 2. The lowest BCUT2D eigenvalue weighted by Crippen LogP contribution is -2.55. The zero-order valence-electron chi connectivity index (χ0n) is 19.4. The van der Waals surface area contributed by atoms with Gasteiger partial charge in [0.25, 0.3) is 0 Å². The summed E-state index contributed by atoms with van der Waals surface area (Å²) in [4.78, 5) is 14.9. The van der Waals surface area contributed by atoms with E-state index < -0.39 is 6.10 Å². The number of aromatic hydroxyl groups is 1. The summed E-state index contributed by atoms with van der Waals surface area (Å²) in [6.45, 7) is 0. The van der Waals surface area contributed by atoms with Crippen LogP contribution in [0.3, 0.4) is 0 Å². The lowest BCUT2D eigenvalue weighted by atomic mass is 9.78. The Labute approximate surface area is 208 Å². The molecule has 5 rings (SSSR count). The van der Waals surface area contributed by atoms with Gasteiger partial charge < -0.3 is 15.1 Å². The standard InChI is InChI=1S/C30H25F2NO3/c31-23-10-8-20(9-11-23)28(35)17-16-27-29(33(30(27)36)25-14-12-24(32)13-15-25)21-6-4-19(5-7-21)22-2-1-3-26(34)18-22/h1-15,18,27-29,34-35H,16-17H2/t27?,28-,29+/m0/s1. The first-order valence-corrected chi connectivity index (χ1v) is 11.8. The smallest absolute Gasteiger partial charge is 0.233 e. The van der Waals surface area contributed by atoms with E-state index in [0.717, 1.165) is 16.7 Å². The SMILES string of the molecule is O=C1C(CC[C@H](O)c2ccc(F)cc2)[C@@H](c2ccc(-c3cccc(O)c3)cc2)N1c1ccc(F)cc1. The van der Waals surface area contributed by atoms with Crippen molar-refractivity contribution >= 4 is 11.6 Å². The minimum absolute atomic E-state index is 0.0880. The second-order valence-corrected chi connectivity index (χ2v) is 9.05. The van der Waals surface area contributed by atoms with Gasteiger partial charge in [-0.3, -0.25) is 4.79 Å². The molecule has 0 bridgehead atoms. The molecule has 1 aliphatic rings. The Balaban J connectivity index is 1.40. The monoisotopic (exact) mass is 485 g/mol. The third kappa shape index (κ3) is 4.72. The van der Waals surface area contributed by atoms with Crippen molar-refractivity contribution in [2.75, 3.05) is 4.90 Å². The fourth-order valence-corrected chi connectivity index (χ4v) is 4.85. The van der Waals surface area contributed by atoms with E-state index >= 15 is 0 Å². The highest BCUT2D eigenvalue weighted by Gasteiger charge is 2.48. The van der Waals surface area contributed by atoms with Gasteiger partial charge >= 0.3 is 0 Å². The number of phenolic OH excluding ortho intramolecular Hbond substituents is 1. The number of aliphatic hydroxyl groups is 1. The van der Waals surface area contributed by atoms with Gasteiger partial charge in [0.1, 0.15) is 17.4 Å². The number of nitrogens with zero attached hydrogens (tertiary/aromatic N) is 1. The molecule has 1 unspecified atom stereocenters. The van der Waals surface area contributed by atoms with Gasteiger partial charge in [0.05, 0.1) is 18.1 Å². The van der Waals surface area contributed by atoms with Gasteiger partial charge in [-0.1, -0.05) is 48.5 Å². The molecule has 1 fully saturated rings. The molecule has 0 radical (unpaired) electrons. The summed E-state index contributed by atoms with van der Waals surface area (Å²) >= 11 is 0. The second kappa shape index (κ2) is 9.91. The van der Waals surface area contributed by atoms with Crippen LogP contribution in [0, 0.1) is 17.6 Å². The maximum absolute atomic E-state index is 13.5. The molecule has 2 N–H and O–H groups in total. The Morgan fingerprint density at radius 3 is 2.08 bits per heavy atom. The Bertz CT molecular complexity index is 1350. The number of carbonyl (C=O) groups is 1. The average Bonchev–Trinajstić information content (AvgIpc) is 2.89. The first-order valence-electron chi connectivity index (χ1n) is 11.8. The molecule has 4 aromatic carbocycles. The van der Waals surface area contributed by atoms with Crippen LogP contribution >= 0.6 is 0 Å². The van der Waals surface area contributed by atoms with Crippen LogP contribution in [-0.4, -0.2) is 16.1 Å². The van der Waals surface area contributed by atoms with Crippen LogP contribution in [-0.2, 0) is 4.79 Å². The summed E-state index contributed by atoms with van der Waals surface area (Å²) in [5.74, 6) is -1.02. The number of amides is 1. The minimum atomic E-state index is -0.813. The van der Waals surface area contributed by atoms with Gasteiger partial charge in [0.2, 0.25) is 5.91 Å². The Kier molecular flexibility index (Phi) is 6.53. The van der Waals surface area contributed by atoms with Crippen molar-refractivity contribution in [3.8, 4) is 16.9 Å².